The molecule has 0 atom stereocenters. The molecule has 0 radical (unpaired) electrons. The van der Waals surface area contributed by atoms with Crippen LogP contribution in [0.5, 0.6) is 0 Å². The zero-order valence-corrected chi connectivity index (χ0v) is 16.1. The molecule has 0 bridgehead atoms. The van der Waals surface area contributed by atoms with E-state index in [1.54, 1.807) is 17.0 Å². The number of fused-ring (bicyclic) bond motifs is 1. The van der Waals surface area contributed by atoms with Crippen molar-refractivity contribution in [2.24, 2.45) is 10.7 Å². The summed E-state index contributed by atoms with van der Waals surface area (Å²) < 4.78 is 14.0. The van der Waals surface area contributed by atoms with Crippen LogP contribution < -0.4 is 11.1 Å². The summed E-state index contributed by atoms with van der Waals surface area (Å²) in [5, 5.41) is 14.0. The molecule has 152 valence electrons. The molecule has 0 aliphatic carbocycles. The van der Waals surface area contributed by atoms with Crippen LogP contribution in [0.4, 0.5) is 15.8 Å². The smallest absolute Gasteiger partial charge is 0.269 e. The Bertz CT molecular complexity index is 988. The molecule has 0 saturated carbocycles. The highest BCUT2D eigenvalue weighted by Crippen LogP contribution is 2.35. The lowest BCUT2D eigenvalue weighted by atomic mass is 9.93. The van der Waals surface area contributed by atoms with Gasteiger partial charge < -0.3 is 16.0 Å². The van der Waals surface area contributed by atoms with Gasteiger partial charge in [0, 0.05) is 49.3 Å². The van der Waals surface area contributed by atoms with Crippen molar-refractivity contribution in [1.29, 1.82) is 0 Å². The molecule has 1 saturated heterocycles. The predicted octanol–water partition coefficient (Wildman–Crippen LogP) is 2.92. The number of nitrogens with two attached hydrogens (primary N) is 1. The second-order valence-corrected chi connectivity index (χ2v) is 6.91. The Balaban J connectivity index is 0.00000240. The van der Waals surface area contributed by atoms with Gasteiger partial charge in [0.1, 0.15) is 17.3 Å². The number of piperidine rings is 1. The van der Waals surface area contributed by atoms with E-state index < -0.39 is 16.4 Å². The van der Waals surface area contributed by atoms with Gasteiger partial charge in [0.2, 0.25) is 0 Å². The Kier molecular flexibility index (Phi) is 5.43. The standard InChI is InChI=1S/C19H18FN5O3.ClH/c20-14-2-1-3-15-16(14)17(21)23-19(22-15)8-10-24(11-9-19)18(26)12-4-6-13(7-5-12)25(27)28;/h1-7,22H,8-11H2,(H2,21,23);1H. The molecule has 1 amide bonds. The fourth-order valence-corrected chi connectivity index (χ4v) is 3.68. The molecule has 3 N–H and O–H groups in total. The van der Waals surface area contributed by atoms with Gasteiger partial charge in [0.25, 0.3) is 11.6 Å². The highest BCUT2D eigenvalue weighted by Gasteiger charge is 2.39. The van der Waals surface area contributed by atoms with Crippen LogP contribution in [0.2, 0.25) is 0 Å². The highest BCUT2D eigenvalue weighted by molar-refractivity contribution is 6.04. The van der Waals surface area contributed by atoms with Gasteiger partial charge in [-0.3, -0.25) is 14.9 Å². The van der Waals surface area contributed by atoms with Crippen LogP contribution in [0.1, 0.15) is 28.8 Å². The van der Waals surface area contributed by atoms with Gasteiger partial charge in [0.05, 0.1) is 10.5 Å². The van der Waals surface area contributed by atoms with Crippen molar-refractivity contribution >= 4 is 35.5 Å². The van der Waals surface area contributed by atoms with E-state index in [0.717, 1.165) is 0 Å². The van der Waals surface area contributed by atoms with Crippen LogP contribution in [-0.4, -0.2) is 40.3 Å². The number of aliphatic imine (C=N–C) groups is 1. The van der Waals surface area contributed by atoms with E-state index in [0.29, 0.717) is 37.2 Å². The van der Waals surface area contributed by atoms with Gasteiger partial charge in [-0.2, -0.15) is 0 Å². The number of carbonyl (C=O) groups is 1. The van der Waals surface area contributed by atoms with E-state index in [1.165, 1.54) is 30.3 Å². The Hall–Kier alpha value is -3.20. The van der Waals surface area contributed by atoms with Gasteiger partial charge in [0.15, 0.2) is 0 Å². The number of hydrogen-bond donors (Lipinski definition) is 2. The lowest BCUT2D eigenvalue weighted by molar-refractivity contribution is -0.384. The summed E-state index contributed by atoms with van der Waals surface area (Å²) in [4.78, 5) is 29.1. The fraction of sp³-hybridized carbons (Fsp3) is 0.263. The van der Waals surface area contributed by atoms with E-state index in [-0.39, 0.29) is 35.4 Å². The normalized spacial score (nSPS) is 16.9. The lowest BCUT2D eigenvalue weighted by Gasteiger charge is -2.42. The summed E-state index contributed by atoms with van der Waals surface area (Å²) in [5.41, 5.74) is 6.55. The molecule has 2 aromatic carbocycles. The number of amides is 1. The summed E-state index contributed by atoms with van der Waals surface area (Å²) in [6.07, 6.45) is 1.03. The second-order valence-electron chi connectivity index (χ2n) is 6.91. The molecular weight excluding hydrogens is 401 g/mol. The van der Waals surface area contributed by atoms with Crippen molar-refractivity contribution in [1.82, 2.24) is 4.90 Å². The van der Waals surface area contributed by atoms with E-state index in [9.17, 15) is 19.3 Å². The zero-order chi connectivity index (χ0) is 19.9. The highest BCUT2D eigenvalue weighted by atomic mass is 35.5. The average Bonchev–Trinajstić information content (AvgIpc) is 2.68. The van der Waals surface area contributed by atoms with Crippen molar-refractivity contribution in [3.8, 4) is 0 Å². The minimum Gasteiger partial charge on any atom is -0.383 e. The first-order valence-electron chi connectivity index (χ1n) is 8.85. The molecule has 0 unspecified atom stereocenters. The monoisotopic (exact) mass is 419 g/mol. The molecule has 1 fully saturated rings. The predicted molar refractivity (Wildman–Crippen MR) is 109 cm³/mol. The second kappa shape index (κ2) is 7.67. The van der Waals surface area contributed by atoms with E-state index in [2.05, 4.69) is 10.3 Å². The van der Waals surface area contributed by atoms with Crippen LogP contribution in [0.3, 0.4) is 0 Å². The number of hydrogen-bond acceptors (Lipinski definition) is 6. The summed E-state index contributed by atoms with van der Waals surface area (Å²) >= 11 is 0. The maximum Gasteiger partial charge on any atom is 0.269 e. The summed E-state index contributed by atoms with van der Waals surface area (Å²) in [6, 6.07) is 10.3. The van der Waals surface area contributed by atoms with Crippen LogP contribution in [0.15, 0.2) is 47.5 Å². The summed E-state index contributed by atoms with van der Waals surface area (Å²) in [6.45, 7) is 0.870. The van der Waals surface area contributed by atoms with Crippen LogP contribution in [0, 0.1) is 15.9 Å². The number of likely N-dealkylation sites (tertiary alicyclic amines) is 1. The van der Waals surface area contributed by atoms with E-state index in [1.807, 2.05) is 0 Å². The number of nitrogens with zero attached hydrogens (tertiary/aromatic N) is 3. The molecule has 1 spiro atoms. The Morgan fingerprint density at radius 3 is 2.48 bits per heavy atom. The number of nitro groups is 1. The number of non-ortho nitro benzene ring substituents is 1. The van der Waals surface area contributed by atoms with Crippen molar-refractivity contribution in [3.05, 3.63) is 69.5 Å². The van der Waals surface area contributed by atoms with Gasteiger partial charge >= 0.3 is 0 Å². The minimum absolute atomic E-state index is 0. The van der Waals surface area contributed by atoms with Crippen molar-refractivity contribution < 1.29 is 14.1 Å². The molecule has 29 heavy (non-hydrogen) atoms. The van der Waals surface area contributed by atoms with Crippen LogP contribution >= 0.6 is 12.4 Å². The molecule has 2 aliphatic rings. The minimum atomic E-state index is -0.670. The Morgan fingerprint density at radius 2 is 1.86 bits per heavy atom. The first kappa shape index (κ1) is 20.5. The van der Waals surface area contributed by atoms with Gasteiger partial charge in [-0.05, 0) is 24.3 Å². The molecular formula is C19H19ClFN5O3. The Labute approximate surface area is 172 Å². The summed E-state index contributed by atoms with van der Waals surface area (Å²) in [7, 11) is 0. The number of benzene rings is 2. The Morgan fingerprint density at radius 1 is 1.21 bits per heavy atom. The maximum atomic E-state index is 14.0. The van der Waals surface area contributed by atoms with Gasteiger partial charge in [-0.1, -0.05) is 6.07 Å². The third-order valence-corrected chi connectivity index (χ3v) is 5.17. The summed E-state index contributed by atoms with van der Waals surface area (Å²) in [5.74, 6) is -0.460. The third kappa shape index (κ3) is 3.73. The largest absolute Gasteiger partial charge is 0.383 e. The molecule has 2 heterocycles. The molecule has 10 heteroatoms. The number of amidine groups is 1. The quantitative estimate of drug-likeness (QED) is 0.573. The van der Waals surface area contributed by atoms with Crippen LogP contribution in [0.25, 0.3) is 0 Å². The number of carbonyl (C=O) groups excluding carboxylic acids is 1. The van der Waals surface area contributed by atoms with E-state index >= 15 is 0 Å². The van der Waals surface area contributed by atoms with Crippen molar-refractivity contribution in [2.75, 3.05) is 18.4 Å². The van der Waals surface area contributed by atoms with E-state index in [4.69, 9.17) is 5.73 Å². The first-order chi connectivity index (χ1) is 13.4. The fourth-order valence-electron chi connectivity index (χ4n) is 3.68. The molecule has 2 aliphatic heterocycles. The first-order valence-corrected chi connectivity index (χ1v) is 8.85. The van der Waals surface area contributed by atoms with Gasteiger partial charge in [-0.15, -0.1) is 12.4 Å². The molecule has 8 nitrogen and oxygen atoms in total. The number of nitro benzene ring substituents is 1. The zero-order valence-electron chi connectivity index (χ0n) is 15.3. The number of rotatable bonds is 2. The number of anilines is 1. The SMILES string of the molecule is Cl.NC1=NC2(CCN(C(=O)c3ccc([N+](=O)[O-])cc3)CC2)Nc2cccc(F)c21. The number of nitrogens with one attached hydrogen (secondary N) is 1. The number of halogens is 2. The third-order valence-electron chi connectivity index (χ3n) is 5.17. The maximum absolute atomic E-state index is 14.0. The van der Waals surface area contributed by atoms with Crippen molar-refractivity contribution in [2.45, 2.75) is 18.5 Å². The topological polar surface area (TPSA) is 114 Å². The lowest BCUT2D eigenvalue weighted by Crippen LogP contribution is -2.52. The van der Waals surface area contributed by atoms with Crippen molar-refractivity contribution in [3.63, 3.8) is 0 Å². The molecule has 2 aromatic rings. The van der Waals surface area contributed by atoms with Gasteiger partial charge in [-0.25, -0.2) is 9.38 Å². The molecule has 4 rings (SSSR count). The van der Waals surface area contributed by atoms with Crippen LogP contribution in [-0.2, 0) is 0 Å². The average molecular weight is 420 g/mol. The molecule has 0 aromatic heterocycles.